The third-order valence-corrected chi connectivity index (χ3v) is 3.60. The molecule has 0 spiro atoms. The third-order valence-electron chi connectivity index (χ3n) is 1.51. The summed E-state index contributed by atoms with van der Waals surface area (Å²) in [6.45, 7) is 5.51. The minimum Gasteiger partial charge on any atom is -0.705 e. The first-order chi connectivity index (χ1) is 7.26. The highest BCUT2D eigenvalue weighted by Crippen LogP contribution is 2.33. The lowest BCUT2D eigenvalue weighted by Gasteiger charge is -2.33. The Kier molecular flexibility index (Phi) is 6.98. The number of quaternary nitrogens is 1. The summed E-state index contributed by atoms with van der Waals surface area (Å²) >= 11 is 9.34. The Balaban J connectivity index is 0.000000325. The van der Waals surface area contributed by atoms with Crippen LogP contribution in [0.1, 0.15) is 20.3 Å². The van der Waals surface area contributed by atoms with E-state index < -0.39 is 17.6 Å². The Morgan fingerprint density at radius 3 is 2.00 bits per heavy atom. The van der Waals surface area contributed by atoms with Gasteiger partial charge in [-0.15, -0.1) is 0 Å². The molecule has 0 atom stereocenters. The molecule has 0 unspecified atom stereocenters. The van der Waals surface area contributed by atoms with Crippen molar-refractivity contribution in [1.82, 2.24) is 15.5 Å². The van der Waals surface area contributed by atoms with Crippen LogP contribution in [0.3, 0.4) is 0 Å². The van der Waals surface area contributed by atoms with Gasteiger partial charge in [-0.2, -0.15) is 0 Å². The van der Waals surface area contributed by atoms with Crippen LogP contribution in [-0.4, -0.2) is 18.6 Å². The van der Waals surface area contributed by atoms with Crippen molar-refractivity contribution in [2.75, 3.05) is 6.54 Å². The Bertz CT molecular complexity index is 291. The summed E-state index contributed by atoms with van der Waals surface area (Å²) < 4.78 is 0. The Morgan fingerprint density at radius 2 is 1.81 bits per heavy atom. The highest BCUT2D eigenvalue weighted by atomic mass is 32.9. The summed E-state index contributed by atoms with van der Waals surface area (Å²) in [4.78, 5) is 21.0. The topological polar surface area (TPSA) is 97.9 Å². The molecule has 9 heteroatoms. The van der Waals surface area contributed by atoms with E-state index in [1.807, 2.05) is 5.32 Å². The molecule has 1 fully saturated rings. The first-order valence-electron chi connectivity index (χ1n) is 4.78. The number of urea groups is 2. The van der Waals surface area contributed by atoms with Crippen LogP contribution in [0.15, 0.2) is 0 Å². The summed E-state index contributed by atoms with van der Waals surface area (Å²) in [5, 5.41) is 6.42. The molecule has 0 aliphatic carbocycles. The molecule has 0 aromatic carbocycles. The molecule has 0 radical (unpaired) electrons. The van der Waals surface area contributed by atoms with Gasteiger partial charge in [-0.05, 0) is 17.9 Å². The minimum atomic E-state index is -2.54. The smallest absolute Gasteiger partial charge is 0.326 e. The van der Waals surface area contributed by atoms with Gasteiger partial charge in [-0.25, -0.2) is 9.59 Å². The van der Waals surface area contributed by atoms with Gasteiger partial charge in [0.15, 0.2) is 0 Å². The summed E-state index contributed by atoms with van der Waals surface area (Å²) in [6, 6.07) is -1.25. The number of amides is 4. The van der Waals surface area contributed by atoms with Crippen molar-refractivity contribution in [1.29, 1.82) is 0 Å². The van der Waals surface area contributed by atoms with Gasteiger partial charge in [0.25, 0.3) is 0 Å². The predicted molar refractivity (Wildman–Crippen MR) is 69.1 cm³/mol. The highest BCUT2D eigenvalue weighted by molar-refractivity contribution is 8.54. The summed E-state index contributed by atoms with van der Waals surface area (Å²) in [5.41, 5.74) is 1.18. The first-order valence-corrected chi connectivity index (χ1v) is 8.60. The number of nitrogens with one attached hydrogen (secondary N) is 3. The fourth-order valence-electron chi connectivity index (χ4n) is 0.863. The number of hydrogen-bond donors (Lipinski definition) is 4. The number of imide groups is 1. The molecule has 0 aromatic heterocycles. The van der Waals surface area contributed by atoms with Crippen LogP contribution in [0.25, 0.3) is 0 Å². The normalized spacial score (nSPS) is 17.8. The quantitative estimate of drug-likeness (QED) is 0.425. The lowest BCUT2D eigenvalue weighted by atomic mass is 10.1. The van der Waals surface area contributed by atoms with Gasteiger partial charge in [-0.3, -0.25) is 5.32 Å². The average molecular weight is 284 g/mol. The average Bonchev–Trinajstić information content (AvgIpc) is 1.98. The number of rotatable bonds is 2. The molecule has 0 saturated carbocycles. The Labute approximate surface area is 105 Å². The van der Waals surface area contributed by atoms with Crippen LogP contribution in [0, 0.1) is 5.92 Å². The van der Waals surface area contributed by atoms with Crippen LogP contribution in [0.4, 0.5) is 9.59 Å². The fourth-order valence-corrected chi connectivity index (χ4v) is 2.56. The van der Waals surface area contributed by atoms with Gasteiger partial charge in [0, 0.05) is 0 Å². The van der Waals surface area contributed by atoms with Crippen molar-refractivity contribution in [2.45, 2.75) is 20.3 Å². The predicted octanol–water partition coefficient (Wildman–Crippen LogP) is 0.0546. The molecule has 16 heavy (non-hydrogen) atoms. The van der Waals surface area contributed by atoms with Gasteiger partial charge >= 0.3 is 12.1 Å². The molecule has 0 bridgehead atoms. The maximum absolute atomic E-state index is 10.5. The largest absolute Gasteiger partial charge is 0.705 e. The molecule has 6 nitrogen and oxygen atoms in total. The van der Waals surface area contributed by atoms with Gasteiger partial charge < -0.3 is 28.2 Å². The van der Waals surface area contributed by atoms with Crippen molar-refractivity contribution in [2.24, 2.45) is 5.92 Å². The van der Waals surface area contributed by atoms with Crippen molar-refractivity contribution < 1.29 is 15.3 Å². The van der Waals surface area contributed by atoms with E-state index in [9.17, 15) is 9.59 Å². The Morgan fingerprint density at radius 1 is 1.38 bits per heavy atom. The maximum atomic E-state index is 10.5. The van der Waals surface area contributed by atoms with E-state index in [2.05, 4.69) is 53.8 Å². The van der Waals surface area contributed by atoms with Crippen molar-refractivity contribution in [3.05, 3.63) is 0 Å². The molecule has 1 saturated heterocycles. The first kappa shape index (κ1) is 15.7. The fraction of sp³-hybridized carbons (Fsp3) is 0.714. The van der Waals surface area contributed by atoms with E-state index in [1.165, 1.54) is 6.42 Å². The molecule has 6 N–H and O–H groups in total. The summed E-state index contributed by atoms with van der Waals surface area (Å²) in [5.74, 6) is 0.836. The molecule has 1 aliphatic heterocycles. The Hall–Kier alpha value is -0.300. The van der Waals surface area contributed by atoms with E-state index in [0.29, 0.717) is 0 Å². The molecular weight excluding hydrogens is 267 g/mol. The second kappa shape index (κ2) is 7.11. The number of carbonyl (C=O) groups excluding carboxylic acids is 2. The second-order valence-electron chi connectivity index (χ2n) is 3.59. The zero-order chi connectivity index (χ0) is 12.8. The molecule has 0 aromatic rings. The van der Waals surface area contributed by atoms with Crippen LogP contribution in [-0.2, 0) is 24.1 Å². The van der Waals surface area contributed by atoms with Gasteiger partial charge in [-0.1, -0.05) is 25.7 Å². The summed E-state index contributed by atoms with van der Waals surface area (Å²) in [6.07, 6.45) is 1.26. The maximum Gasteiger partial charge on any atom is 0.326 e. The molecule has 1 rings (SSSR count). The molecule has 4 amide bonds. The number of carbonyl (C=O) groups is 2. The highest BCUT2D eigenvalue weighted by Gasteiger charge is 2.17. The van der Waals surface area contributed by atoms with E-state index in [0.717, 1.165) is 12.5 Å². The lowest BCUT2D eigenvalue weighted by molar-refractivity contribution is -0.369. The number of hydrogen-bond acceptors (Lipinski definition) is 4. The van der Waals surface area contributed by atoms with Crippen LogP contribution >= 0.6 is 5.54 Å². The molecule has 1 aliphatic rings. The van der Waals surface area contributed by atoms with Crippen molar-refractivity contribution >= 4 is 41.7 Å². The molecule has 94 valence electrons. The van der Waals surface area contributed by atoms with Crippen LogP contribution < -0.4 is 21.2 Å². The van der Waals surface area contributed by atoms with E-state index in [4.69, 9.17) is 0 Å². The second-order valence-corrected chi connectivity index (χ2v) is 9.12. The summed E-state index contributed by atoms with van der Waals surface area (Å²) in [7, 11) is 0. The van der Waals surface area contributed by atoms with Gasteiger partial charge in [0.2, 0.25) is 0 Å². The van der Waals surface area contributed by atoms with Gasteiger partial charge in [0.05, 0.1) is 6.54 Å². The van der Waals surface area contributed by atoms with Crippen molar-refractivity contribution in [3.8, 4) is 0 Å². The van der Waals surface area contributed by atoms with Gasteiger partial charge in [0.1, 0.15) is 0 Å². The standard InChI is InChI=1S/C5H13N.C2H4N3O2PS2/c1-5(2)3-4-6;6-1-3-2(7)5-8(9,10)4-1/h5H,3-4,6H2,1-2H3;(H4,3,4,5,6,7,9,10). The monoisotopic (exact) mass is 284 g/mol. The zero-order valence-electron chi connectivity index (χ0n) is 9.28. The molecule has 1 heterocycles. The van der Waals surface area contributed by atoms with E-state index >= 15 is 0 Å². The van der Waals surface area contributed by atoms with Crippen LogP contribution in [0.2, 0.25) is 0 Å². The SMILES string of the molecule is CC(C)CC[NH3+].O=C1NC(=O)NP(=S)([S-])N1. The van der Waals surface area contributed by atoms with E-state index in [-0.39, 0.29) is 0 Å². The zero-order valence-corrected chi connectivity index (χ0v) is 11.8. The lowest BCUT2D eigenvalue weighted by Crippen LogP contribution is -2.50. The van der Waals surface area contributed by atoms with Crippen molar-refractivity contribution in [3.63, 3.8) is 0 Å². The minimum absolute atomic E-state index is 0.623. The molecular formula is C7H17N4O2PS2. The van der Waals surface area contributed by atoms with Crippen LogP contribution in [0.5, 0.6) is 0 Å². The third kappa shape index (κ3) is 7.92. The van der Waals surface area contributed by atoms with E-state index in [1.54, 1.807) is 0 Å².